The van der Waals surface area contributed by atoms with Crippen molar-refractivity contribution in [3.8, 4) is 55.6 Å². The molecule has 326 valence electrons. The van der Waals surface area contributed by atoms with Crippen LogP contribution in [0.4, 0.5) is 17.1 Å². The van der Waals surface area contributed by atoms with Gasteiger partial charge in [-0.3, -0.25) is 0 Å². The zero-order chi connectivity index (χ0) is 45.7. The lowest BCUT2D eigenvalue weighted by atomic mass is 9.79. The fourth-order valence-corrected chi connectivity index (χ4v) is 12.9. The highest BCUT2D eigenvalue weighted by Crippen LogP contribution is 2.60. The maximum absolute atomic E-state index is 2.59. The summed E-state index contributed by atoms with van der Waals surface area (Å²) in [5.41, 5.74) is 24.1. The van der Waals surface area contributed by atoms with Gasteiger partial charge in [-0.1, -0.05) is 179 Å². The summed E-state index contributed by atoms with van der Waals surface area (Å²) in [4.78, 5) is 2.54. The highest BCUT2D eigenvalue weighted by Gasteiger charge is 2.44. The van der Waals surface area contributed by atoms with E-state index in [1.54, 1.807) is 0 Å². The molecule has 0 atom stereocenters. The second-order valence-electron chi connectivity index (χ2n) is 19.9. The third kappa shape index (κ3) is 6.27. The number of allylic oxidation sites excluding steroid dienone is 4. The van der Waals surface area contributed by atoms with Gasteiger partial charge in [-0.2, -0.15) is 0 Å². The highest BCUT2D eigenvalue weighted by molar-refractivity contribution is 7.25. The van der Waals surface area contributed by atoms with Crippen molar-refractivity contribution in [2.75, 3.05) is 4.90 Å². The van der Waals surface area contributed by atoms with Gasteiger partial charge < -0.3 is 4.90 Å². The summed E-state index contributed by atoms with van der Waals surface area (Å²) in [6.07, 6.45) is 8.88. The average Bonchev–Trinajstić information content (AvgIpc) is 3.95. The lowest BCUT2D eigenvalue weighted by Gasteiger charge is -2.31. The zero-order valence-corrected chi connectivity index (χ0v) is 39.8. The molecule has 0 bridgehead atoms. The molecule has 3 aliphatic carbocycles. The number of rotatable bonds is 7. The second-order valence-corrected chi connectivity index (χ2v) is 21.0. The number of para-hydroxylation sites is 1. The summed E-state index contributed by atoms with van der Waals surface area (Å²) in [5, 5.41) is 2.63. The molecule has 10 aromatic rings. The van der Waals surface area contributed by atoms with Crippen LogP contribution in [0.3, 0.4) is 0 Å². The number of thiophene rings is 1. The number of benzene rings is 9. The van der Waals surface area contributed by atoms with Gasteiger partial charge in [0.1, 0.15) is 0 Å². The number of anilines is 3. The van der Waals surface area contributed by atoms with Gasteiger partial charge in [0.2, 0.25) is 0 Å². The molecule has 0 spiro atoms. The molecule has 3 aliphatic rings. The van der Waals surface area contributed by atoms with Crippen LogP contribution in [-0.2, 0) is 10.8 Å². The van der Waals surface area contributed by atoms with E-state index in [1.807, 2.05) is 11.3 Å². The van der Waals surface area contributed by atoms with Crippen molar-refractivity contribution in [3.05, 3.63) is 240 Å². The molecule has 0 radical (unpaired) electrons. The van der Waals surface area contributed by atoms with E-state index in [-0.39, 0.29) is 10.8 Å². The zero-order valence-electron chi connectivity index (χ0n) is 39.0. The van der Waals surface area contributed by atoms with E-state index in [2.05, 4.69) is 245 Å². The topological polar surface area (TPSA) is 3.24 Å². The third-order valence-corrected chi connectivity index (χ3v) is 16.5. The van der Waals surface area contributed by atoms with Crippen LogP contribution in [0.5, 0.6) is 0 Å². The Hall–Kier alpha value is -7.52. The Morgan fingerprint density at radius 2 is 1.03 bits per heavy atom. The Morgan fingerprint density at radius 3 is 1.78 bits per heavy atom. The predicted octanol–water partition coefficient (Wildman–Crippen LogP) is 18.9. The van der Waals surface area contributed by atoms with Crippen LogP contribution in [0.25, 0.3) is 81.4 Å². The van der Waals surface area contributed by atoms with Crippen LogP contribution in [0.2, 0.25) is 0 Å². The predicted molar refractivity (Wildman–Crippen MR) is 292 cm³/mol. The first-order valence-electron chi connectivity index (χ1n) is 24.1. The average molecular weight is 890 g/mol. The van der Waals surface area contributed by atoms with Gasteiger partial charge in [-0.25, -0.2) is 0 Å². The fourth-order valence-electron chi connectivity index (χ4n) is 11.8. The largest absolute Gasteiger partial charge is 0.310 e. The SMILES string of the molecule is CC1(C)c2cc3c(cc2-c2c(-c4ccccc4)cccc21)C(C)(C)c1cc(N(c2ccc(-c4ccccc4)cc2)c2ccccc2C2=CC=CCC2)cc(-c2ccc4sc5ccccc5c4c2)c1-3. The van der Waals surface area contributed by atoms with Gasteiger partial charge in [0.25, 0.3) is 0 Å². The van der Waals surface area contributed by atoms with E-state index in [0.29, 0.717) is 0 Å². The lowest BCUT2D eigenvalue weighted by molar-refractivity contribution is 0.652. The minimum absolute atomic E-state index is 0.179. The normalized spacial score (nSPS) is 14.9. The van der Waals surface area contributed by atoms with Crippen molar-refractivity contribution in [2.45, 2.75) is 51.4 Å². The third-order valence-electron chi connectivity index (χ3n) is 15.3. The molecule has 0 fully saturated rings. The van der Waals surface area contributed by atoms with E-state index >= 15 is 0 Å². The maximum Gasteiger partial charge on any atom is 0.0536 e. The molecule has 0 amide bonds. The summed E-state index contributed by atoms with van der Waals surface area (Å²) < 4.78 is 2.64. The number of nitrogens with zero attached hydrogens (tertiary/aromatic N) is 1. The Balaban J connectivity index is 1.08. The van der Waals surface area contributed by atoms with Crippen molar-refractivity contribution < 1.29 is 0 Å². The number of hydrogen-bond acceptors (Lipinski definition) is 2. The molecule has 1 heterocycles. The lowest BCUT2D eigenvalue weighted by Crippen LogP contribution is -2.18. The van der Waals surface area contributed by atoms with Crippen LogP contribution >= 0.6 is 11.3 Å². The smallest absolute Gasteiger partial charge is 0.0536 e. The first kappa shape index (κ1) is 40.7. The Labute approximate surface area is 404 Å². The van der Waals surface area contributed by atoms with Gasteiger partial charge in [-0.15, -0.1) is 11.3 Å². The van der Waals surface area contributed by atoms with Crippen molar-refractivity contribution in [1.82, 2.24) is 0 Å². The summed E-state index contributed by atoms with van der Waals surface area (Å²) in [7, 11) is 0. The van der Waals surface area contributed by atoms with E-state index < -0.39 is 0 Å². The van der Waals surface area contributed by atoms with Crippen LogP contribution < -0.4 is 4.90 Å². The van der Waals surface area contributed by atoms with Crippen LogP contribution in [0.1, 0.15) is 68.4 Å². The van der Waals surface area contributed by atoms with Crippen molar-refractivity contribution in [1.29, 1.82) is 0 Å². The van der Waals surface area contributed by atoms with Crippen molar-refractivity contribution in [2.24, 2.45) is 0 Å². The standard InChI is InChI=1S/C66H51NS/c1-65(2)56-28-18-27-50(45-23-12-7-13-24-45)63(56)54-40-58-55(41-57(54)65)64-52(46-33-36-62-53(37-46)51-26-15-17-30-61(51)68-62)38-48(39-59(64)66(58,3)4)67(47-34-31-43(32-35-47)42-19-8-5-9-20-42)60-29-16-14-25-49(60)44-21-10-6-11-22-44/h5-10,12-21,23-41H,11,22H2,1-4H3. The van der Waals surface area contributed by atoms with E-state index in [9.17, 15) is 0 Å². The molecule has 2 heteroatoms. The molecule has 0 N–H and O–H groups in total. The molecular weight excluding hydrogens is 839 g/mol. The minimum atomic E-state index is -0.308. The van der Waals surface area contributed by atoms with E-state index in [1.165, 1.54) is 115 Å². The summed E-state index contributed by atoms with van der Waals surface area (Å²) in [6.45, 7) is 9.78. The molecule has 13 rings (SSSR count). The minimum Gasteiger partial charge on any atom is -0.310 e. The van der Waals surface area contributed by atoms with Gasteiger partial charge in [0.15, 0.2) is 0 Å². The number of fused-ring (bicyclic) bond motifs is 9. The van der Waals surface area contributed by atoms with Gasteiger partial charge in [0, 0.05) is 47.9 Å². The van der Waals surface area contributed by atoms with Crippen LogP contribution in [-0.4, -0.2) is 0 Å². The molecule has 0 saturated heterocycles. The quantitative estimate of drug-likeness (QED) is 0.154. The molecule has 1 aromatic heterocycles. The second kappa shape index (κ2) is 15.5. The molecule has 68 heavy (non-hydrogen) atoms. The van der Waals surface area contributed by atoms with E-state index in [4.69, 9.17) is 0 Å². The molecule has 0 aliphatic heterocycles. The molecular formula is C66H51NS. The molecule has 9 aromatic carbocycles. The molecule has 0 saturated carbocycles. The summed E-state index contributed by atoms with van der Waals surface area (Å²) in [6, 6.07) is 73.2. The van der Waals surface area contributed by atoms with E-state index in [0.717, 1.165) is 24.2 Å². The van der Waals surface area contributed by atoms with Crippen molar-refractivity contribution >= 4 is 54.1 Å². The molecule has 1 nitrogen and oxygen atoms in total. The Bertz CT molecular complexity index is 3710. The summed E-state index contributed by atoms with van der Waals surface area (Å²) in [5.74, 6) is 0. The fraction of sp³-hybridized carbons (Fsp3) is 0.121. The number of hydrogen-bond donors (Lipinski definition) is 0. The monoisotopic (exact) mass is 889 g/mol. The Kier molecular flexibility index (Phi) is 9.30. The first-order chi connectivity index (χ1) is 33.2. The van der Waals surface area contributed by atoms with Crippen LogP contribution in [0.15, 0.2) is 212 Å². The summed E-state index contributed by atoms with van der Waals surface area (Å²) >= 11 is 1.88. The van der Waals surface area contributed by atoms with Gasteiger partial charge in [0.05, 0.1) is 5.69 Å². The molecule has 0 unspecified atom stereocenters. The van der Waals surface area contributed by atoms with Crippen LogP contribution in [0, 0.1) is 0 Å². The highest BCUT2D eigenvalue weighted by atomic mass is 32.1. The van der Waals surface area contributed by atoms with Gasteiger partial charge in [-0.05, 0) is 157 Å². The van der Waals surface area contributed by atoms with Crippen molar-refractivity contribution in [3.63, 3.8) is 0 Å². The maximum atomic E-state index is 2.59. The Morgan fingerprint density at radius 1 is 0.412 bits per heavy atom. The van der Waals surface area contributed by atoms with Gasteiger partial charge >= 0.3 is 0 Å². The first-order valence-corrected chi connectivity index (χ1v) is 25.0.